The summed E-state index contributed by atoms with van der Waals surface area (Å²) in [6.45, 7) is 0. The highest BCUT2D eigenvalue weighted by Gasteiger charge is 2.28. The third-order valence-corrected chi connectivity index (χ3v) is 5.47. The van der Waals surface area contributed by atoms with Crippen LogP contribution in [0.15, 0.2) is 42.9 Å². The molecule has 0 radical (unpaired) electrons. The van der Waals surface area contributed by atoms with Crippen LogP contribution in [0, 0.1) is 11.3 Å². The molecule has 1 atom stereocenters. The zero-order valence-corrected chi connectivity index (χ0v) is 16.7. The van der Waals surface area contributed by atoms with Crippen LogP contribution < -0.4 is 4.74 Å². The lowest BCUT2D eigenvalue weighted by Gasteiger charge is -2.26. The standard InChI is InChI=1S/C22H18F2N6O/c1-29-12-16(11-26-29)30-18-8-17(6-5-14(18)10-27-30)31-19-4-2-3-13-7-15(9-25)21(22(23)24)28-20(13)19/h5-8,10-12,19,22H,2-4H2,1H3/t19-/m1/s1. The van der Waals surface area contributed by atoms with Crippen LogP contribution in [-0.4, -0.2) is 24.5 Å². The molecule has 1 aromatic carbocycles. The van der Waals surface area contributed by atoms with Crippen LogP contribution in [0.3, 0.4) is 0 Å². The Labute approximate surface area is 176 Å². The van der Waals surface area contributed by atoms with Gasteiger partial charge in [0.15, 0.2) is 0 Å². The molecule has 0 fully saturated rings. The smallest absolute Gasteiger partial charge is 0.281 e. The first-order valence-electron chi connectivity index (χ1n) is 9.89. The summed E-state index contributed by atoms with van der Waals surface area (Å²) in [6.07, 6.45) is 4.26. The van der Waals surface area contributed by atoms with Gasteiger partial charge in [-0.05, 0) is 43.0 Å². The third-order valence-electron chi connectivity index (χ3n) is 5.47. The molecule has 1 aliphatic rings. The Bertz CT molecular complexity index is 1320. The minimum Gasteiger partial charge on any atom is -0.484 e. The molecule has 0 unspecified atom stereocenters. The van der Waals surface area contributed by atoms with Crippen molar-refractivity contribution in [2.75, 3.05) is 0 Å². The molecule has 4 aromatic rings. The molecule has 3 aromatic heterocycles. The van der Waals surface area contributed by atoms with E-state index in [1.54, 1.807) is 21.8 Å². The van der Waals surface area contributed by atoms with E-state index in [2.05, 4.69) is 15.2 Å². The molecule has 9 heteroatoms. The van der Waals surface area contributed by atoms with Crippen LogP contribution in [0.2, 0.25) is 0 Å². The highest BCUT2D eigenvalue weighted by Crippen LogP contribution is 2.36. The molecule has 7 nitrogen and oxygen atoms in total. The van der Waals surface area contributed by atoms with Crippen molar-refractivity contribution in [2.24, 2.45) is 7.05 Å². The van der Waals surface area contributed by atoms with Crippen molar-refractivity contribution in [3.05, 3.63) is 65.4 Å². The fraction of sp³-hybridized carbons (Fsp3) is 0.273. The van der Waals surface area contributed by atoms with Crippen LogP contribution in [0.4, 0.5) is 8.78 Å². The molecule has 0 aliphatic heterocycles. The summed E-state index contributed by atoms with van der Waals surface area (Å²) in [5.41, 5.74) is 2.39. The molecule has 31 heavy (non-hydrogen) atoms. The van der Waals surface area contributed by atoms with Crippen molar-refractivity contribution in [3.63, 3.8) is 0 Å². The normalized spacial score (nSPS) is 15.8. The molecule has 5 rings (SSSR count). The summed E-state index contributed by atoms with van der Waals surface area (Å²) in [4.78, 5) is 4.16. The summed E-state index contributed by atoms with van der Waals surface area (Å²) in [6, 6.07) is 8.98. The van der Waals surface area contributed by atoms with Gasteiger partial charge in [-0.3, -0.25) is 4.68 Å². The Hall–Kier alpha value is -3.80. The molecule has 1 aliphatic carbocycles. The van der Waals surface area contributed by atoms with Gasteiger partial charge in [-0.1, -0.05) is 0 Å². The number of pyridine rings is 1. The van der Waals surface area contributed by atoms with Gasteiger partial charge in [-0.25, -0.2) is 18.4 Å². The van der Waals surface area contributed by atoms with E-state index < -0.39 is 18.2 Å². The van der Waals surface area contributed by atoms with E-state index in [1.807, 2.05) is 37.5 Å². The maximum absolute atomic E-state index is 13.4. The first kappa shape index (κ1) is 19.2. The first-order valence-corrected chi connectivity index (χ1v) is 9.89. The molecule has 0 saturated carbocycles. The van der Waals surface area contributed by atoms with Gasteiger partial charge in [0.25, 0.3) is 6.43 Å². The monoisotopic (exact) mass is 420 g/mol. The summed E-state index contributed by atoms with van der Waals surface area (Å²) < 4.78 is 36.5. The molecule has 3 heterocycles. The lowest BCUT2D eigenvalue weighted by atomic mass is 9.92. The summed E-state index contributed by atoms with van der Waals surface area (Å²) in [5.74, 6) is 0.598. The predicted molar refractivity (Wildman–Crippen MR) is 108 cm³/mol. The second-order valence-electron chi connectivity index (χ2n) is 7.53. The number of halogens is 2. The fourth-order valence-corrected chi connectivity index (χ4v) is 4.01. The summed E-state index contributed by atoms with van der Waals surface area (Å²) in [7, 11) is 1.84. The molecular formula is C22H18F2N6O. The van der Waals surface area contributed by atoms with Gasteiger partial charge in [0.2, 0.25) is 0 Å². The van der Waals surface area contributed by atoms with E-state index in [1.165, 1.54) is 6.07 Å². The quantitative estimate of drug-likeness (QED) is 0.488. The van der Waals surface area contributed by atoms with Gasteiger partial charge >= 0.3 is 0 Å². The Morgan fingerprint density at radius 2 is 2.10 bits per heavy atom. The molecule has 0 N–H and O–H groups in total. The Morgan fingerprint density at radius 1 is 1.23 bits per heavy atom. The van der Waals surface area contributed by atoms with Gasteiger partial charge < -0.3 is 4.74 Å². The highest BCUT2D eigenvalue weighted by molar-refractivity contribution is 5.81. The lowest BCUT2D eigenvalue weighted by molar-refractivity contribution is 0.141. The molecular weight excluding hydrogens is 402 g/mol. The van der Waals surface area contributed by atoms with Crippen molar-refractivity contribution in [1.82, 2.24) is 24.5 Å². The SMILES string of the molecule is Cn1cc(-n2ncc3ccc(O[C@@H]4CCCc5cc(C#N)c(C(F)F)nc54)cc32)cn1. The minimum absolute atomic E-state index is 0.0730. The largest absolute Gasteiger partial charge is 0.484 e. The molecule has 0 saturated heterocycles. The molecule has 0 bridgehead atoms. The maximum Gasteiger partial charge on any atom is 0.281 e. The number of alkyl halides is 2. The zero-order valence-electron chi connectivity index (χ0n) is 16.7. The average Bonchev–Trinajstić information content (AvgIpc) is 3.38. The zero-order chi connectivity index (χ0) is 21.5. The second kappa shape index (κ2) is 7.47. The van der Waals surface area contributed by atoms with Gasteiger partial charge in [-0.15, -0.1) is 0 Å². The van der Waals surface area contributed by atoms with E-state index in [0.717, 1.165) is 28.6 Å². The molecule has 156 valence electrons. The van der Waals surface area contributed by atoms with Crippen molar-refractivity contribution in [3.8, 4) is 17.5 Å². The summed E-state index contributed by atoms with van der Waals surface area (Å²) >= 11 is 0. The Balaban J connectivity index is 1.51. The minimum atomic E-state index is -2.81. The van der Waals surface area contributed by atoms with E-state index in [0.29, 0.717) is 24.3 Å². The third kappa shape index (κ3) is 3.40. The number of hydrogen-bond acceptors (Lipinski definition) is 5. The van der Waals surface area contributed by atoms with Gasteiger partial charge in [0.05, 0.1) is 35.4 Å². The number of fused-ring (bicyclic) bond motifs is 2. The van der Waals surface area contributed by atoms with Crippen LogP contribution in [-0.2, 0) is 13.5 Å². The predicted octanol–water partition coefficient (Wildman–Crippen LogP) is 4.42. The van der Waals surface area contributed by atoms with E-state index in [4.69, 9.17) is 4.74 Å². The number of benzene rings is 1. The van der Waals surface area contributed by atoms with E-state index in [-0.39, 0.29) is 5.56 Å². The number of hydrogen-bond donors (Lipinski definition) is 0. The number of nitrogens with zero attached hydrogens (tertiary/aromatic N) is 6. The van der Waals surface area contributed by atoms with Crippen molar-refractivity contribution in [2.45, 2.75) is 31.8 Å². The number of ether oxygens (including phenoxy) is 1. The highest BCUT2D eigenvalue weighted by atomic mass is 19.3. The lowest BCUT2D eigenvalue weighted by Crippen LogP contribution is -2.19. The van der Waals surface area contributed by atoms with E-state index in [9.17, 15) is 14.0 Å². The van der Waals surface area contributed by atoms with E-state index >= 15 is 0 Å². The summed E-state index contributed by atoms with van der Waals surface area (Å²) in [5, 5.41) is 18.8. The number of rotatable bonds is 4. The first-order chi connectivity index (χ1) is 15.0. The Kier molecular flexibility index (Phi) is 4.62. The number of aromatic nitrogens is 5. The van der Waals surface area contributed by atoms with Crippen molar-refractivity contribution in [1.29, 1.82) is 5.26 Å². The average molecular weight is 420 g/mol. The second-order valence-corrected chi connectivity index (χ2v) is 7.53. The fourth-order valence-electron chi connectivity index (χ4n) is 4.01. The topological polar surface area (TPSA) is 81.5 Å². The van der Waals surface area contributed by atoms with Crippen LogP contribution >= 0.6 is 0 Å². The number of nitriles is 1. The van der Waals surface area contributed by atoms with Crippen molar-refractivity contribution < 1.29 is 13.5 Å². The Morgan fingerprint density at radius 3 is 2.84 bits per heavy atom. The molecule has 0 spiro atoms. The number of aryl methyl sites for hydroxylation is 2. The van der Waals surface area contributed by atoms with Crippen molar-refractivity contribution >= 4 is 10.9 Å². The molecule has 0 amide bonds. The van der Waals surface area contributed by atoms with Crippen LogP contribution in [0.5, 0.6) is 5.75 Å². The van der Waals surface area contributed by atoms with Gasteiger partial charge in [-0.2, -0.15) is 15.5 Å². The van der Waals surface area contributed by atoms with Gasteiger partial charge in [0, 0.05) is 18.5 Å². The maximum atomic E-state index is 13.4. The van der Waals surface area contributed by atoms with Crippen LogP contribution in [0.1, 0.15) is 47.9 Å². The van der Waals surface area contributed by atoms with Gasteiger partial charge in [0.1, 0.15) is 29.3 Å². The van der Waals surface area contributed by atoms with Crippen LogP contribution in [0.25, 0.3) is 16.6 Å².